The monoisotopic (exact) mass is 418 g/mol. The van der Waals surface area contributed by atoms with Crippen molar-refractivity contribution in [1.82, 2.24) is 4.98 Å². The summed E-state index contributed by atoms with van der Waals surface area (Å²) in [6, 6.07) is 12.4. The molecule has 0 atom stereocenters. The topological polar surface area (TPSA) is 77.5 Å². The Morgan fingerprint density at radius 3 is 2.43 bits per heavy atom. The Hall–Kier alpha value is -2.83. The zero-order valence-electron chi connectivity index (χ0n) is 15.1. The third-order valence-electron chi connectivity index (χ3n) is 3.98. The Labute approximate surface area is 171 Å². The number of carbonyl (C=O) groups is 2. The average molecular weight is 419 g/mol. The maximum Gasteiger partial charge on any atom is 0.342 e. The van der Waals surface area contributed by atoms with Crippen LogP contribution in [0.25, 0.3) is 10.8 Å². The lowest BCUT2D eigenvalue weighted by molar-refractivity contribution is -0.119. The first-order chi connectivity index (χ1) is 13.4. The summed E-state index contributed by atoms with van der Waals surface area (Å²) in [7, 11) is 1.46. The van der Waals surface area contributed by atoms with Gasteiger partial charge >= 0.3 is 5.97 Å². The number of nitrogens with zero attached hydrogens (tertiary/aromatic N) is 1. The maximum atomic E-state index is 12.4. The van der Waals surface area contributed by atoms with Crippen molar-refractivity contribution in [3.63, 3.8) is 0 Å². The number of benzene rings is 2. The number of pyridine rings is 1. The van der Waals surface area contributed by atoms with Crippen LogP contribution < -0.4 is 10.1 Å². The molecule has 144 valence electrons. The van der Waals surface area contributed by atoms with Gasteiger partial charge in [0.1, 0.15) is 11.3 Å². The molecule has 1 aromatic heterocycles. The molecular formula is C20H16Cl2N2O4. The number of carbonyl (C=O) groups excluding carboxylic acids is 2. The molecule has 0 radical (unpaired) electrons. The summed E-state index contributed by atoms with van der Waals surface area (Å²) in [5.74, 6) is -0.747. The summed E-state index contributed by atoms with van der Waals surface area (Å²) in [5, 5.41) is 4.85. The maximum absolute atomic E-state index is 12.4. The quantitative estimate of drug-likeness (QED) is 0.609. The first-order valence-electron chi connectivity index (χ1n) is 8.25. The van der Waals surface area contributed by atoms with Crippen molar-refractivity contribution < 1.29 is 19.1 Å². The van der Waals surface area contributed by atoms with E-state index in [-0.39, 0.29) is 16.4 Å². The zero-order chi connectivity index (χ0) is 20.3. The molecule has 2 aromatic carbocycles. The van der Waals surface area contributed by atoms with E-state index in [4.69, 9.17) is 32.7 Å². The number of aromatic nitrogens is 1. The SMILES string of the molecule is COc1cc2ccccc2cc1C(=O)OCC(=O)Nc1nc(C)c(Cl)cc1Cl. The number of nitrogens with one attached hydrogen (secondary N) is 1. The van der Waals surface area contributed by atoms with E-state index >= 15 is 0 Å². The van der Waals surface area contributed by atoms with Crippen LogP contribution in [0.2, 0.25) is 10.0 Å². The predicted molar refractivity (Wildman–Crippen MR) is 108 cm³/mol. The van der Waals surface area contributed by atoms with Crippen molar-refractivity contribution in [3.05, 3.63) is 63.8 Å². The summed E-state index contributed by atoms with van der Waals surface area (Å²) in [5.41, 5.74) is 0.742. The first kappa shape index (κ1) is 19.9. The second kappa shape index (κ2) is 8.46. The van der Waals surface area contributed by atoms with Crippen molar-refractivity contribution in [3.8, 4) is 5.75 Å². The van der Waals surface area contributed by atoms with Gasteiger partial charge < -0.3 is 14.8 Å². The van der Waals surface area contributed by atoms with E-state index in [1.807, 2.05) is 24.3 Å². The van der Waals surface area contributed by atoms with Gasteiger partial charge in [-0.15, -0.1) is 0 Å². The number of amides is 1. The van der Waals surface area contributed by atoms with Crippen LogP contribution in [-0.4, -0.2) is 30.6 Å². The minimum Gasteiger partial charge on any atom is -0.496 e. The number of rotatable bonds is 5. The van der Waals surface area contributed by atoms with Crippen LogP contribution in [0.1, 0.15) is 16.1 Å². The van der Waals surface area contributed by atoms with Gasteiger partial charge in [0.05, 0.1) is 22.8 Å². The van der Waals surface area contributed by atoms with Gasteiger partial charge in [-0.1, -0.05) is 47.5 Å². The number of methoxy groups -OCH3 is 1. The van der Waals surface area contributed by atoms with E-state index in [9.17, 15) is 9.59 Å². The third kappa shape index (κ3) is 4.35. The summed E-state index contributed by atoms with van der Waals surface area (Å²) < 4.78 is 10.4. The standard InChI is InChI=1S/C20H16Cl2N2O4/c1-11-15(21)9-16(22)19(23-11)24-18(25)10-28-20(26)14-7-12-5-3-4-6-13(12)8-17(14)27-2/h3-9H,10H2,1-2H3,(H,23,24,25). The molecule has 0 aliphatic carbocycles. The van der Waals surface area contributed by atoms with E-state index in [1.54, 1.807) is 19.1 Å². The molecule has 0 saturated heterocycles. The predicted octanol–water partition coefficient (Wildman–Crippen LogP) is 4.65. The van der Waals surface area contributed by atoms with Gasteiger partial charge in [0.15, 0.2) is 12.4 Å². The van der Waals surface area contributed by atoms with E-state index in [2.05, 4.69) is 10.3 Å². The number of hydrogen-bond acceptors (Lipinski definition) is 5. The smallest absolute Gasteiger partial charge is 0.342 e. The molecule has 1 heterocycles. The highest BCUT2D eigenvalue weighted by molar-refractivity contribution is 6.36. The van der Waals surface area contributed by atoms with E-state index in [0.29, 0.717) is 16.5 Å². The van der Waals surface area contributed by atoms with Crippen LogP contribution >= 0.6 is 23.2 Å². The third-order valence-corrected chi connectivity index (χ3v) is 4.66. The molecule has 28 heavy (non-hydrogen) atoms. The Bertz CT molecular complexity index is 1070. The molecule has 0 fully saturated rings. The zero-order valence-corrected chi connectivity index (χ0v) is 16.6. The van der Waals surface area contributed by atoms with Crippen molar-refractivity contribution in [2.45, 2.75) is 6.92 Å². The summed E-state index contributed by atoms with van der Waals surface area (Å²) >= 11 is 11.9. The van der Waals surface area contributed by atoms with Crippen molar-refractivity contribution in [1.29, 1.82) is 0 Å². The molecule has 6 nitrogen and oxygen atoms in total. The number of ether oxygens (including phenoxy) is 2. The van der Waals surface area contributed by atoms with Crippen molar-refractivity contribution in [2.24, 2.45) is 0 Å². The highest BCUT2D eigenvalue weighted by Crippen LogP contribution is 2.27. The summed E-state index contributed by atoms with van der Waals surface area (Å²) in [6.45, 7) is 1.18. The van der Waals surface area contributed by atoms with Crippen LogP contribution in [0.3, 0.4) is 0 Å². The van der Waals surface area contributed by atoms with Gasteiger partial charge in [-0.2, -0.15) is 0 Å². The highest BCUT2D eigenvalue weighted by atomic mass is 35.5. The van der Waals surface area contributed by atoms with Crippen molar-refractivity contribution >= 4 is 51.7 Å². The molecule has 3 aromatic rings. The number of hydrogen-bond donors (Lipinski definition) is 1. The number of aryl methyl sites for hydroxylation is 1. The fraction of sp³-hybridized carbons (Fsp3) is 0.150. The van der Waals surface area contributed by atoms with E-state index < -0.39 is 18.5 Å². The minimum atomic E-state index is -0.677. The molecule has 0 saturated carbocycles. The molecule has 0 bridgehead atoms. The lowest BCUT2D eigenvalue weighted by Gasteiger charge is -2.11. The second-order valence-corrected chi connectivity index (χ2v) is 6.72. The van der Waals surface area contributed by atoms with Gasteiger partial charge in [0.2, 0.25) is 0 Å². The fourth-order valence-corrected chi connectivity index (χ4v) is 2.98. The largest absolute Gasteiger partial charge is 0.496 e. The number of esters is 1. The lowest BCUT2D eigenvalue weighted by atomic mass is 10.1. The Morgan fingerprint density at radius 1 is 1.07 bits per heavy atom. The molecule has 0 aliphatic rings. The normalized spacial score (nSPS) is 10.6. The fourth-order valence-electron chi connectivity index (χ4n) is 2.57. The Kier molecular flexibility index (Phi) is 6.02. The van der Waals surface area contributed by atoms with Gasteiger partial charge in [0, 0.05) is 0 Å². The molecule has 0 spiro atoms. The van der Waals surface area contributed by atoms with Crippen LogP contribution in [0.15, 0.2) is 42.5 Å². The number of fused-ring (bicyclic) bond motifs is 1. The van der Waals surface area contributed by atoms with E-state index in [1.165, 1.54) is 13.2 Å². The highest BCUT2D eigenvalue weighted by Gasteiger charge is 2.17. The molecule has 3 rings (SSSR count). The molecule has 0 aliphatic heterocycles. The first-order valence-corrected chi connectivity index (χ1v) is 9.01. The average Bonchev–Trinajstić information content (AvgIpc) is 2.69. The molecule has 8 heteroatoms. The van der Waals surface area contributed by atoms with E-state index in [0.717, 1.165) is 10.8 Å². The minimum absolute atomic E-state index is 0.146. The molecular weight excluding hydrogens is 403 g/mol. The Morgan fingerprint density at radius 2 is 1.75 bits per heavy atom. The van der Waals surface area contributed by atoms with Crippen molar-refractivity contribution in [2.75, 3.05) is 19.0 Å². The summed E-state index contributed by atoms with van der Waals surface area (Å²) in [4.78, 5) is 28.7. The molecule has 1 N–H and O–H groups in total. The summed E-state index contributed by atoms with van der Waals surface area (Å²) in [6.07, 6.45) is 0. The van der Waals surface area contributed by atoms with Gasteiger partial charge in [-0.05, 0) is 35.9 Å². The molecule has 0 unspecified atom stereocenters. The van der Waals surface area contributed by atoms with Crippen LogP contribution in [-0.2, 0) is 9.53 Å². The number of anilines is 1. The molecule has 1 amide bonds. The second-order valence-electron chi connectivity index (χ2n) is 5.91. The lowest BCUT2D eigenvalue weighted by Crippen LogP contribution is -2.22. The van der Waals surface area contributed by atoms with Gasteiger partial charge in [-0.3, -0.25) is 4.79 Å². The van der Waals surface area contributed by atoms with Gasteiger partial charge in [-0.25, -0.2) is 9.78 Å². The van der Waals surface area contributed by atoms with Gasteiger partial charge in [0.25, 0.3) is 5.91 Å². The van der Waals surface area contributed by atoms with Crippen LogP contribution in [0.5, 0.6) is 5.75 Å². The Balaban J connectivity index is 1.71. The number of halogens is 2. The van der Waals surface area contributed by atoms with Crippen LogP contribution in [0, 0.1) is 6.92 Å². The van der Waals surface area contributed by atoms with Crippen LogP contribution in [0.4, 0.5) is 5.82 Å².